The van der Waals surface area contributed by atoms with E-state index in [1.165, 1.54) is 31.5 Å². The van der Waals surface area contributed by atoms with E-state index in [1.54, 1.807) is 0 Å². The van der Waals surface area contributed by atoms with Crippen molar-refractivity contribution in [1.82, 2.24) is 4.98 Å². The lowest BCUT2D eigenvalue weighted by Gasteiger charge is -2.29. The average Bonchev–Trinajstić information content (AvgIpc) is 2.41. The Labute approximate surface area is 113 Å². The predicted octanol–water partition coefficient (Wildman–Crippen LogP) is 2.74. The van der Waals surface area contributed by atoms with Gasteiger partial charge in [0.15, 0.2) is 0 Å². The second-order valence-corrected chi connectivity index (χ2v) is 5.24. The van der Waals surface area contributed by atoms with Gasteiger partial charge in [-0.05, 0) is 37.7 Å². The number of rotatable bonds is 4. The van der Waals surface area contributed by atoms with Gasteiger partial charge in [0.25, 0.3) is 0 Å². The maximum atomic E-state index is 11.2. The molecule has 19 heavy (non-hydrogen) atoms. The van der Waals surface area contributed by atoms with Gasteiger partial charge in [0, 0.05) is 6.04 Å². The standard InChI is InChI=1S/C14H21N3O2/c1-2-9-3-5-11(6-4-9)17-13-12(14(18)19)7-10(15)8-16-13/h7-9,11H,2-6,15H2,1H3,(H,16,17)(H,18,19). The fraction of sp³-hybridized carbons (Fsp3) is 0.571. The molecular formula is C14H21N3O2. The van der Waals surface area contributed by atoms with Gasteiger partial charge >= 0.3 is 5.97 Å². The summed E-state index contributed by atoms with van der Waals surface area (Å²) < 4.78 is 0. The molecule has 1 aromatic heterocycles. The lowest BCUT2D eigenvalue weighted by molar-refractivity contribution is 0.0697. The normalized spacial score (nSPS) is 23.0. The van der Waals surface area contributed by atoms with Crippen LogP contribution >= 0.6 is 0 Å². The van der Waals surface area contributed by atoms with E-state index in [0.717, 1.165) is 18.8 Å². The Morgan fingerprint density at radius 3 is 2.74 bits per heavy atom. The number of aromatic nitrogens is 1. The van der Waals surface area contributed by atoms with E-state index in [9.17, 15) is 4.79 Å². The highest BCUT2D eigenvalue weighted by molar-refractivity contribution is 5.94. The second-order valence-electron chi connectivity index (χ2n) is 5.24. The number of carbonyl (C=O) groups is 1. The van der Waals surface area contributed by atoms with Crippen molar-refractivity contribution in [3.8, 4) is 0 Å². The summed E-state index contributed by atoms with van der Waals surface area (Å²) in [5.74, 6) is 0.252. The molecule has 0 saturated heterocycles. The number of carboxylic acid groups (broad SMARTS) is 1. The smallest absolute Gasteiger partial charge is 0.339 e. The highest BCUT2D eigenvalue weighted by Crippen LogP contribution is 2.29. The van der Waals surface area contributed by atoms with Gasteiger partial charge in [0.2, 0.25) is 0 Å². The van der Waals surface area contributed by atoms with E-state index in [2.05, 4.69) is 17.2 Å². The maximum absolute atomic E-state index is 11.2. The van der Waals surface area contributed by atoms with Crippen LogP contribution in [0.1, 0.15) is 49.4 Å². The number of hydrogen-bond donors (Lipinski definition) is 3. The molecule has 2 rings (SSSR count). The number of anilines is 2. The zero-order chi connectivity index (χ0) is 13.8. The fourth-order valence-electron chi connectivity index (χ4n) is 2.67. The van der Waals surface area contributed by atoms with E-state index in [1.807, 2.05) is 0 Å². The molecule has 5 nitrogen and oxygen atoms in total. The minimum absolute atomic E-state index is 0.151. The summed E-state index contributed by atoms with van der Waals surface area (Å²) in [7, 11) is 0. The molecule has 0 atom stereocenters. The molecule has 1 heterocycles. The molecule has 0 spiro atoms. The lowest BCUT2D eigenvalue weighted by Crippen LogP contribution is -2.27. The molecule has 1 saturated carbocycles. The van der Waals surface area contributed by atoms with Crippen LogP contribution in [0.3, 0.4) is 0 Å². The van der Waals surface area contributed by atoms with E-state index < -0.39 is 5.97 Å². The van der Waals surface area contributed by atoms with Crippen molar-refractivity contribution < 1.29 is 9.90 Å². The topological polar surface area (TPSA) is 88.2 Å². The maximum Gasteiger partial charge on any atom is 0.339 e. The molecule has 0 bridgehead atoms. The molecule has 0 aliphatic heterocycles. The van der Waals surface area contributed by atoms with Crippen LogP contribution in [0.2, 0.25) is 0 Å². The summed E-state index contributed by atoms with van der Waals surface area (Å²) in [5, 5.41) is 12.4. The zero-order valence-corrected chi connectivity index (χ0v) is 11.2. The van der Waals surface area contributed by atoms with Gasteiger partial charge in [-0.2, -0.15) is 0 Å². The SMILES string of the molecule is CCC1CCC(Nc2ncc(N)cc2C(=O)O)CC1. The number of nitrogens with two attached hydrogens (primary N) is 1. The van der Waals surface area contributed by atoms with Crippen LogP contribution in [-0.4, -0.2) is 22.1 Å². The Bertz CT molecular complexity index is 454. The molecule has 1 aromatic rings. The number of pyridine rings is 1. The third-order valence-corrected chi connectivity index (χ3v) is 3.90. The van der Waals surface area contributed by atoms with Crippen LogP contribution in [0.15, 0.2) is 12.3 Å². The molecule has 104 valence electrons. The van der Waals surface area contributed by atoms with Crippen LogP contribution < -0.4 is 11.1 Å². The molecule has 1 aliphatic carbocycles. The van der Waals surface area contributed by atoms with Gasteiger partial charge in [-0.3, -0.25) is 0 Å². The minimum Gasteiger partial charge on any atom is -0.478 e. The molecule has 0 amide bonds. The highest BCUT2D eigenvalue weighted by atomic mass is 16.4. The Balaban J connectivity index is 2.05. The summed E-state index contributed by atoms with van der Waals surface area (Å²) >= 11 is 0. The Hall–Kier alpha value is -1.78. The number of hydrogen-bond acceptors (Lipinski definition) is 4. The van der Waals surface area contributed by atoms with Gasteiger partial charge in [0.1, 0.15) is 11.4 Å². The third-order valence-electron chi connectivity index (χ3n) is 3.90. The summed E-state index contributed by atoms with van der Waals surface area (Å²) in [6, 6.07) is 1.77. The summed E-state index contributed by atoms with van der Waals surface area (Å²) in [6.07, 6.45) is 7.27. The molecule has 0 aromatic carbocycles. The van der Waals surface area contributed by atoms with Crippen molar-refractivity contribution in [3.05, 3.63) is 17.8 Å². The first-order chi connectivity index (χ1) is 9.10. The first-order valence-electron chi connectivity index (χ1n) is 6.85. The monoisotopic (exact) mass is 263 g/mol. The Kier molecular flexibility index (Phi) is 4.24. The molecule has 5 heteroatoms. The van der Waals surface area contributed by atoms with E-state index in [4.69, 9.17) is 10.8 Å². The Morgan fingerprint density at radius 1 is 1.47 bits per heavy atom. The van der Waals surface area contributed by atoms with Crippen molar-refractivity contribution in [2.24, 2.45) is 5.92 Å². The van der Waals surface area contributed by atoms with E-state index in [-0.39, 0.29) is 5.56 Å². The molecule has 1 fully saturated rings. The van der Waals surface area contributed by atoms with Crippen LogP contribution in [-0.2, 0) is 0 Å². The van der Waals surface area contributed by atoms with Crippen molar-refractivity contribution >= 4 is 17.5 Å². The van der Waals surface area contributed by atoms with E-state index in [0.29, 0.717) is 17.5 Å². The largest absolute Gasteiger partial charge is 0.478 e. The van der Waals surface area contributed by atoms with Crippen molar-refractivity contribution in [2.75, 3.05) is 11.1 Å². The summed E-state index contributed by atoms with van der Waals surface area (Å²) in [4.78, 5) is 15.3. The second kappa shape index (κ2) is 5.91. The summed E-state index contributed by atoms with van der Waals surface area (Å²) in [5.41, 5.74) is 6.10. The molecular weight excluding hydrogens is 242 g/mol. The van der Waals surface area contributed by atoms with Gasteiger partial charge < -0.3 is 16.2 Å². The van der Waals surface area contributed by atoms with Crippen LogP contribution in [0.4, 0.5) is 11.5 Å². The number of carboxylic acids is 1. The van der Waals surface area contributed by atoms with Crippen molar-refractivity contribution in [1.29, 1.82) is 0 Å². The molecule has 1 aliphatic rings. The first-order valence-corrected chi connectivity index (χ1v) is 6.85. The molecule has 0 unspecified atom stereocenters. The predicted molar refractivity (Wildman–Crippen MR) is 75.3 cm³/mol. The minimum atomic E-state index is -0.996. The number of nitrogens with zero attached hydrogens (tertiary/aromatic N) is 1. The quantitative estimate of drug-likeness (QED) is 0.777. The van der Waals surface area contributed by atoms with Crippen molar-refractivity contribution in [2.45, 2.75) is 45.1 Å². The van der Waals surface area contributed by atoms with Gasteiger partial charge in [-0.25, -0.2) is 9.78 Å². The average molecular weight is 263 g/mol. The third kappa shape index (κ3) is 3.36. The lowest BCUT2D eigenvalue weighted by atomic mass is 9.84. The highest BCUT2D eigenvalue weighted by Gasteiger charge is 2.22. The summed E-state index contributed by atoms with van der Waals surface area (Å²) in [6.45, 7) is 2.22. The number of nitrogens with one attached hydrogen (secondary N) is 1. The fourth-order valence-corrected chi connectivity index (χ4v) is 2.67. The number of nitrogen functional groups attached to an aromatic ring is 1. The first kappa shape index (κ1) is 13.6. The zero-order valence-electron chi connectivity index (χ0n) is 11.2. The van der Waals surface area contributed by atoms with E-state index >= 15 is 0 Å². The van der Waals surface area contributed by atoms with Gasteiger partial charge in [-0.15, -0.1) is 0 Å². The van der Waals surface area contributed by atoms with Crippen molar-refractivity contribution in [3.63, 3.8) is 0 Å². The van der Waals surface area contributed by atoms with Gasteiger partial charge in [0.05, 0.1) is 11.9 Å². The molecule has 4 N–H and O–H groups in total. The van der Waals surface area contributed by atoms with Crippen LogP contribution in [0.25, 0.3) is 0 Å². The Morgan fingerprint density at radius 2 is 2.16 bits per heavy atom. The van der Waals surface area contributed by atoms with Crippen LogP contribution in [0.5, 0.6) is 0 Å². The molecule has 0 radical (unpaired) electrons. The number of aromatic carboxylic acids is 1. The van der Waals surface area contributed by atoms with Crippen LogP contribution in [0, 0.1) is 5.92 Å². The van der Waals surface area contributed by atoms with Gasteiger partial charge in [-0.1, -0.05) is 13.3 Å².